The highest BCUT2D eigenvalue weighted by Gasteiger charge is 2.08. The third-order valence-electron chi connectivity index (χ3n) is 2.59. The Balaban J connectivity index is 1.92. The molecule has 0 saturated carbocycles. The molecule has 0 fully saturated rings. The lowest BCUT2D eigenvalue weighted by molar-refractivity contribution is 0.0944. The molecule has 4 nitrogen and oxygen atoms in total. The Bertz CT molecular complexity index is 724. The second-order valence-electron chi connectivity index (χ2n) is 4.14. The van der Waals surface area contributed by atoms with Gasteiger partial charge >= 0.3 is 0 Å². The normalized spacial score (nSPS) is 9.95. The van der Waals surface area contributed by atoms with Gasteiger partial charge in [-0.05, 0) is 42.5 Å². The number of hydrogen-bond donors (Lipinski definition) is 3. The van der Waals surface area contributed by atoms with Crippen LogP contribution in [0.2, 0.25) is 15.1 Å². The van der Waals surface area contributed by atoms with E-state index < -0.39 is 5.91 Å². The van der Waals surface area contributed by atoms with Gasteiger partial charge < -0.3 is 5.32 Å². The van der Waals surface area contributed by atoms with Gasteiger partial charge in [-0.3, -0.25) is 15.6 Å². The lowest BCUT2D eigenvalue weighted by Gasteiger charge is -2.12. The second-order valence-corrected chi connectivity index (χ2v) is 5.77. The minimum absolute atomic E-state index is 0.196. The van der Waals surface area contributed by atoms with E-state index in [0.29, 0.717) is 26.3 Å². The molecule has 0 unspecified atom stereocenters. The number of carbonyl (C=O) groups excluding carboxylic acids is 1. The summed E-state index contributed by atoms with van der Waals surface area (Å²) in [5.74, 6) is -0.401. The number of benzene rings is 2. The zero-order chi connectivity index (χ0) is 16.1. The zero-order valence-electron chi connectivity index (χ0n) is 11.0. The highest BCUT2D eigenvalue weighted by Crippen LogP contribution is 2.22. The van der Waals surface area contributed by atoms with E-state index in [1.165, 1.54) is 6.07 Å². The molecule has 2 rings (SSSR count). The first-order valence-electron chi connectivity index (χ1n) is 6.04. The number of para-hydroxylation sites is 1. The maximum atomic E-state index is 11.9. The van der Waals surface area contributed by atoms with Gasteiger partial charge in [0.2, 0.25) is 0 Å². The van der Waals surface area contributed by atoms with Crippen LogP contribution >= 0.6 is 47.0 Å². The quantitative estimate of drug-likeness (QED) is 0.542. The van der Waals surface area contributed by atoms with Crippen molar-refractivity contribution in [1.82, 2.24) is 10.9 Å². The van der Waals surface area contributed by atoms with Crippen molar-refractivity contribution in [3.8, 4) is 0 Å². The number of carbonyl (C=O) groups is 1. The third-order valence-corrected chi connectivity index (χ3v) is 3.87. The topological polar surface area (TPSA) is 53.2 Å². The summed E-state index contributed by atoms with van der Waals surface area (Å²) in [6.45, 7) is 0. The molecule has 3 N–H and O–H groups in total. The van der Waals surface area contributed by atoms with E-state index in [1.54, 1.807) is 30.3 Å². The Morgan fingerprint density at radius 2 is 1.64 bits per heavy atom. The van der Waals surface area contributed by atoms with Gasteiger partial charge in [0.1, 0.15) is 0 Å². The highest BCUT2D eigenvalue weighted by atomic mass is 35.5. The van der Waals surface area contributed by atoms with E-state index in [2.05, 4.69) is 16.2 Å². The molecule has 8 heteroatoms. The van der Waals surface area contributed by atoms with E-state index in [1.807, 2.05) is 6.07 Å². The van der Waals surface area contributed by atoms with Gasteiger partial charge in [0.25, 0.3) is 5.91 Å². The lowest BCUT2D eigenvalue weighted by atomic mass is 10.2. The molecule has 0 saturated heterocycles. The van der Waals surface area contributed by atoms with Gasteiger partial charge in [0, 0.05) is 5.56 Å². The molecule has 0 atom stereocenters. The first-order chi connectivity index (χ1) is 10.5. The minimum atomic E-state index is -0.401. The first-order valence-corrected chi connectivity index (χ1v) is 7.58. The van der Waals surface area contributed by atoms with Gasteiger partial charge in [0.05, 0.1) is 20.8 Å². The molecule has 0 aliphatic carbocycles. The maximum absolute atomic E-state index is 11.9. The molecule has 114 valence electrons. The Morgan fingerprint density at radius 3 is 2.32 bits per heavy atom. The third kappa shape index (κ3) is 4.48. The number of halogens is 3. The van der Waals surface area contributed by atoms with Gasteiger partial charge in [-0.1, -0.05) is 46.9 Å². The van der Waals surface area contributed by atoms with E-state index in [9.17, 15) is 4.79 Å². The van der Waals surface area contributed by atoms with E-state index >= 15 is 0 Å². The largest absolute Gasteiger partial charge is 0.330 e. The molecule has 0 aliphatic heterocycles. The highest BCUT2D eigenvalue weighted by molar-refractivity contribution is 7.80. The molecule has 0 heterocycles. The molecule has 0 radical (unpaired) electrons. The number of anilines is 1. The standard InChI is InChI=1S/C14H10Cl3N3OS/c15-9-6-5-8(7-11(9)17)13(21)19-20-14(22)18-12-4-2-1-3-10(12)16/h1-7H,(H,19,21)(H2,18,20,22). The van der Waals surface area contributed by atoms with Crippen molar-refractivity contribution in [2.45, 2.75) is 0 Å². The molecule has 2 aromatic carbocycles. The molecule has 1 amide bonds. The van der Waals surface area contributed by atoms with E-state index in [0.717, 1.165) is 0 Å². The molecule has 0 aromatic heterocycles. The van der Waals surface area contributed by atoms with Crippen LogP contribution in [0.15, 0.2) is 42.5 Å². The van der Waals surface area contributed by atoms with Crippen molar-refractivity contribution in [2.24, 2.45) is 0 Å². The Hall–Kier alpha value is -1.53. The summed E-state index contributed by atoms with van der Waals surface area (Å²) in [7, 11) is 0. The molecule has 2 aromatic rings. The van der Waals surface area contributed by atoms with Crippen molar-refractivity contribution >= 4 is 63.7 Å². The minimum Gasteiger partial charge on any atom is -0.330 e. The van der Waals surface area contributed by atoms with Crippen molar-refractivity contribution in [2.75, 3.05) is 5.32 Å². The summed E-state index contributed by atoms with van der Waals surface area (Å²) in [5, 5.41) is 4.25. The number of amides is 1. The summed E-state index contributed by atoms with van der Waals surface area (Å²) in [6.07, 6.45) is 0. The summed E-state index contributed by atoms with van der Waals surface area (Å²) < 4.78 is 0. The van der Waals surface area contributed by atoms with Gasteiger partial charge in [-0.2, -0.15) is 0 Å². The predicted molar refractivity (Wildman–Crippen MR) is 94.7 cm³/mol. The van der Waals surface area contributed by atoms with Crippen LogP contribution in [0.1, 0.15) is 10.4 Å². The first kappa shape index (κ1) is 16.8. The molecule has 0 bridgehead atoms. The number of thiocarbonyl (C=S) groups is 1. The zero-order valence-corrected chi connectivity index (χ0v) is 14.1. The van der Waals surface area contributed by atoms with Crippen LogP contribution in [0.5, 0.6) is 0 Å². The van der Waals surface area contributed by atoms with Crippen molar-refractivity contribution < 1.29 is 4.79 Å². The van der Waals surface area contributed by atoms with Crippen LogP contribution in [0.4, 0.5) is 5.69 Å². The van der Waals surface area contributed by atoms with E-state index in [-0.39, 0.29) is 5.11 Å². The smallest absolute Gasteiger partial charge is 0.269 e. The summed E-state index contributed by atoms with van der Waals surface area (Å²) in [6, 6.07) is 11.7. The second kappa shape index (κ2) is 7.65. The maximum Gasteiger partial charge on any atom is 0.269 e. The SMILES string of the molecule is O=C(NNC(=S)Nc1ccccc1Cl)c1ccc(Cl)c(Cl)c1. The molecule has 0 spiro atoms. The number of nitrogens with one attached hydrogen (secondary N) is 3. The van der Waals surface area contributed by atoms with Crippen LogP contribution in [0.25, 0.3) is 0 Å². The van der Waals surface area contributed by atoms with Gasteiger partial charge in [0.15, 0.2) is 5.11 Å². The van der Waals surface area contributed by atoms with Crippen LogP contribution < -0.4 is 16.2 Å². The monoisotopic (exact) mass is 373 g/mol. The fourth-order valence-corrected chi connectivity index (χ4v) is 2.18. The Morgan fingerprint density at radius 1 is 0.909 bits per heavy atom. The average molecular weight is 375 g/mol. The average Bonchev–Trinajstić information content (AvgIpc) is 2.50. The lowest BCUT2D eigenvalue weighted by Crippen LogP contribution is -2.43. The van der Waals surface area contributed by atoms with Gasteiger partial charge in [-0.25, -0.2) is 0 Å². The summed E-state index contributed by atoms with van der Waals surface area (Å²) >= 11 is 22.7. The van der Waals surface area contributed by atoms with Crippen molar-refractivity contribution in [1.29, 1.82) is 0 Å². The molecule has 22 heavy (non-hydrogen) atoms. The fraction of sp³-hybridized carbons (Fsp3) is 0. The molecular weight excluding hydrogens is 365 g/mol. The molecular formula is C14H10Cl3N3OS. The number of rotatable bonds is 2. The van der Waals surface area contributed by atoms with E-state index in [4.69, 9.17) is 47.0 Å². The number of hydrazine groups is 1. The molecule has 0 aliphatic rings. The van der Waals surface area contributed by atoms with Crippen LogP contribution in [-0.4, -0.2) is 11.0 Å². The Kier molecular flexibility index (Phi) is 5.85. The van der Waals surface area contributed by atoms with Gasteiger partial charge in [-0.15, -0.1) is 0 Å². The fourth-order valence-electron chi connectivity index (χ4n) is 1.54. The van der Waals surface area contributed by atoms with Crippen molar-refractivity contribution in [3.63, 3.8) is 0 Å². The summed E-state index contributed by atoms with van der Waals surface area (Å²) in [5.41, 5.74) is 6.00. The van der Waals surface area contributed by atoms with Crippen LogP contribution in [-0.2, 0) is 0 Å². The predicted octanol–water partition coefficient (Wildman–Crippen LogP) is 4.28. The number of hydrogen-bond acceptors (Lipinski definition) is 2. The van der Waals surface area contributed by atoms with Crippen LogP contribution in [0.3, 0.4) is 0 Å². The van der Waals surface area contributed by atoms with Crippen molar-refractivity contribution in [3.05, 3.63) is 63.1 Å². The summed E-state index contributed by atoms with van der Waals surface area (Å²) in [4.78, 5) is 11.9. The Labute approximate surface area is 147 Å². The van der Waals surface area contributed by atoms with Crippen LogP contribution in [0, 0.1) is 0 Å².